The predicted octanol–water partition coefficient (Wildman–Crippen LogP) is 0.303. The Morgan fingerprint density at radius 2 is 1.86 bits per heavy atom. The SMILES string of the molecule is CO[C-]=O.[CH-]=C.[W+2]. The van der Waals surface area contributed by atoms with E-state index in [-0.39, 0.29) is 21.1 Å². The summed E-state index contributed by atoms with van der Waals surface area (Å²) in [7, 11) is 1.26. The number of methoxy groups -OCH3 is 1. The number of ether oxygens (including phenoxy) is 1. The molecule has 0 aromatic rings. The molecule has 0 bridgehead atoms. The first-order valence-electron chi connectivity index (χ1n) is 1.22. The van der Waals surface area contributed by atoms with Crippen LogP contribution in [-0.4, -0.2) is 13.6 Å². The number of rotatable bonds is 1. The maximum atomic E-state index is 8.83. The molecule has 40 valence electrons. The zero-order chi connectivity index (χ0) is 5.41. The van der Waals surface area contributed by atoms with Gasteiger partial charge in [0.25, 0.3) is 0 Å². The molecule has 0 amide bonds. The topological polar surface area (TPSA) is 26.3 Å². The number of hydrogen-bond donors (Lipinski definition) is 0. The molecule has 0 atom stereocenters. The quantitative estimate of drug-likeness (QED) is 0.641. The summed E-state index contributed by atoms with van der Waals surface area (Å²) in [6.45, 7) is 8.18. The van der Waals surface area contributed by atoms with E-state index in [9.17, 15) is 0 Å². The summed E-state index contributed by atoms with van der Waals surface area (Å²) in [5, 5.41) is 0. The van der Waals surface area contributed by atoms with Crippen LogP contribution in [0.4, 0.5) is 0 Å². The molecule has 0 aliphatic rings. The van der Waals surface area contributed by atoms with Crippen molar-refractivity contribution in [1.29, 1.82) is 0 Å². The molecule has 0 saturated heterocycles. The third-order valence-corrected chi connectivity index (χ3v) is 0.0833. The van der Waals surface area contributed by atoms with Crippen molar-refractivity contribution in [2.24, 2.45) is 0 Å². The van der Waals surface area contributed by atoms with Crippen molar-refractivity contribution in [2.75, 3.05) is 7.11 Å². The fraction of sp³-hybridized carbons (Fsp3) is 0.250. The maximum absolute atomic E-state index is 8.83. The largest absolute Gasteiger partial charge is 2.00 e. The van der Waals surface area contributed by atoms with Gasteiger partial charge in [0.05, 0.1) is 0 Å². The van der Waals surface area contributed by atoms with Gasteiger partial charge in [-0.2, -0.15) is 0 Å². The Kier molecular flexibility index (Phi) is 88.6. The summed E-state index contributed by atoms with van der Waals surface area (Å²) < 4.78 is 3.74. The minimum Gasteiger partial charge on any atom is -0.655 e. The van der Waals surface area contributed by atoms with Gasteiger partial charge in [-0.25, -0.2) is 0 Å². The van der Waals surface area contributed by atoms with Gasteiger partial charge >= 0.3 is 21.1 Å². The Hall–Kier alpha value is -0.102. The van der Waals surface area contributed by atoms with Gasteiger partial charge in [0.2, 0.25) is 0 Å². The summed E-state index contributed by atoms with van der Waals surface area (Å²) >= 11 is 0. The molecule has 0 spiro atoms. The van der Waals surface area contributed by atoms with Crippen molar-refractivity contribution < 1.29 is 30.6 Å². The van der Waals surface area contributed by atoms with Crippen LogP contribution in [0.1, 0.15) is 0 Å². The molecule has 0 aromatic carbocycles. The van der Waals surface area contributed by atoms with Gasteiger partial charge in [-0.15, -0.1) is 0 Å². The summed E-state index contributed by atoms with van der Waals surface area (Å²) in [6.07, 6.45) is 0. The molecule has 7 heavy (non-hydrogen) atoms. The Bertz CT molecular complexity index is 30.9. The van der Waals surface area contributed by atoms with E-state index in [2.05, 4.69) is 17.9 Å². The first kappa shape index (κ1) is 15.8. The molecular weight excluding hydrogens is 264 g/mol. The van der Waals surface area contributed by atoms with Gasteiger partial charge < -0.3 is 16.1 Å². The van der Waals surface area contributed by atoms with E-state index >= 15 is 0 Å². The molecule has 0 aliphatic carbocycles. The first-order chi connectivity index (χ1) is 2.91. The van der Waals surface area contributed by atoms with Gasteiger partial charge in [-0.05, 0) is 0 Å². The van der Waals surface area contributed by atoms with Crippen molar-refractivity contribution >= 4 is 6.47 Å². The van der Waals surface area contributed by atoms with Crippen molar-refractivity contribution in [3.8, 4) is 0 Å². The molecule has 0 aromatic heterocycles. The molecule has 0 rings (SSSR count). The Labute approximate surface area is 57.8 Å². The molecule has 0 radical (unpaired) electrons. The van der Waals surface area contributed by atoms with Gasteiger partial charge in [-0.1, -0.05) is 6.47 Å². The predicted molar refractivity (Wildman–Crippen MR) is 22.6 cm³/mol. The van der Waals surface area contributed by atoms with Crippen LogP contribution >= 0.6 is 0 Å². The van der Waals surface area contributed by atoms with Gasteiger partial charge in [0, 0.05) is 7.11 Å². The van der Waals surface area contributed by atoms with Gasteiger partial charge in [0.15, 0.2) is 0 Å². The van der Waals surface area contributed by atoms with E-state index in [1.807, 2.05) is 0 Å². The van der Waals surface area contributed by atoms with Crippen LogP contribution in [0, 0.1) is 6.58 Å². The monoisotopic (exact) mass is 270 g/mol. The molecule has 0 unspecified atom stereocenters. The number of hydrogen-bond acceptors (Lipinski definition) is 2. The van der Waals surface area contributed by atoms with Crippen LogP contribution in [0.25, 0.3) is 0 Å². The van der Waals surface area contributed by atoms with Gasteiger partial charge in [0.1, 0.15) is 0 Å². The zero-order valence-corrected chi connectivity index (χ0v) is 6.94. The molecule has 0 fully saturated rings. The van der Waals surface area contributed by atoms with E-state index < -0.39 is 0 Å². The normalized spacial score (nSPS) is 3.57. The molecule has 3 heteroatoms. The van der Waals surface area contributed by atoms with E-state index in [0.717, 1.165) is 0 Å². The maximum Gasteiger partial charge on any atom is 2.00 e. The zero-order valence-electron chi connectivity index (χ0n) is 4.01. The van der Waals surface area contributed by atoms with E-state index in [4.69, 9.17) is 4.79 Å². The molecular formula is C4H6O2W. The summed E-state index contributed by atoms with van der Waals surface area (Å²) in [5.74, 6) is 0. The average Bonchev–Trinajstić information content (AvgIpc) is 1.72. The summed E-state index contributed by atoms with van der Waals surface area (Å²) in [6, 6.07) is 0. The van der Waals surface area contributed by atoms with Crippen LogP contribution < -0.4 is 0 Å². The third-order valence-electron chi connectivity index (χ3n) is 0.0833. The smallest absolute Gasteiger partial charge is 0.655 e. The summed E-state index contributed by atoms with van der Waals surface area (Å²) in [4.78, 5) is 8.83. The Balaban J connectivity index is -0.0000000480. The standard InChI is InChI=1S/C2H3O2.C2H3.W/c1-4-2-3;1-2;/h1H3;1H,2H2;/q2*-1;+2. The second-order valence-electron chi connectivity index (χ2n) is 0.287. The molecule has 0 saturated carbocycles. The third kappa shape index (κ3) is 111. The van der Waals surface area contributed by atoms with E-state index in [0.29, 0.717) is 0 Å². The van der Waals surface area contributed by atoms with Crippen LogP contribution in [0.3, 0.4) is 0 Å². The van der Waals surface area contributed by atoms with Crippen LogP contribution in [0.5, 0.6) is 0 Å². The first-order valence-corrected chi connectivity index (χ1v) is 1.22. The Morgan fingerprint density at radius 1 is 1.71 bits per heavy atom. The van der Waals surface area contributed by atoms with Crippen LogP contribution in [0.15, 0.2) is 6.58 Å². The van der Waals surface area contributed by atoms with E-state index in [1.165, 1.54) is 13.6 Å². The van der Waals surface area contributed by atoms with Crippen molar-refractivity contribution in [3.05, 3.63) is 13.2 Å². The average molecular weight is 270 g/mol. The van der Waals surface area contributed by atoms with Crippen LogP contribution in [0.2, 0.25) is 0 Å². The van der Waals surface area contributed by atoms with Crippen molar-refractivity contribution in [1.82, 2.24) is 0 Å². The fourth-order valence-corrected chi connectivity index (χ4v) is 0. The Morgan fingerprint density at radius 3 is 1.86 bits per heavy atom. The number of carbonyl (C=O) groups excluding carboxylic acids is 1. The molecule has 2 nitrogen and oxygen atoms in total. The van der Waals surface area contributed by atoms with E-state index in [1.54, 1.807) is 0 Å². The van der Waals surface area contributed by atoms with Crippen molar-refractivity contribution in [2.45, 2.75) is 0 Å². The molecule has 0 heterocycles. The van der Waals surface area contributed by atoms with Crippen LogP contribution in [-0.2, 0) is 30.6 Å². The minimum atomic E-state index is 0. The summed E-state index contributed by atoms with van der Waals surface area (Å²) in [5.41, 5.74) is 0. The second kappa shape index (κ2) is 39.3. The fourth-order valence-electron chi connectivity index (χ4n) is 0. The minimum absolute atomic E-state index is 0. The molecule has 0 N–H and O–H groups in total. The molecule has 0 aliphatic heterocycles. The second-order valence-corrected chi connectivity index (χ2v) is 0.287. The van der Waals surface area contributed by atoms with Gasteiger partial charge in [-0.3, -0.25) is 6.58 Å². The van der Waals surface area contributed by atoms with Crippen molar-refractivity contribution in [3.63, 3.8) is 0 Å².